The Labute approximate surface area is 172 Å². The van der Waals surface area contributed by atoms with Gasteiger partial charge < -0.3 is 9.84 Å². The summed E-state index contributed by atoms with van der Waals surface area (Å²) in [4.78, 5) is 21.2. The number of imidazole rings is 1. The van der Waals surface area contributed by atoms with Crippen molar-refractivity contribution in [1.82, 2.24) is 24.2 Å². The molecule has 1 aromatic carbocycles. The van der Waals surface area contributed by atoms with Gasteiger partial charge in [0.1, 0.15) is 11.3 Å². The molecular weight excluding hydrogens is 408 g/mol. The highest BCUT2D eigenvalue weighted by molar-refractivity contribution is 7.88. The van der Waals surface area contributed by atoms with Gasteiger partial charge in [-0.2, -0.15) is 4.98 Å². The van der Waals surface area contributed by atoms with Gasteiger partial charge in [0.05, 0.1) is 19.0 Å². The molecule has 0 aliphatic rings. The van der Waals surface area contributed by atoms with E-state index >= 15 is 0 Å². The predicted octanol–water partition coefficient (Wildman–Crippen LogP) is 1.99. The number of rotatable bonds is 6. The zero-order chi connectivity index (χ0) is 21.3. The third-order valence-corrected chi connectivity index (χ3v) is 5.02. The number of carbonyl (C=O) groups excluding carboxylic acids is 1. The van der Waals surface area contributed by atoms with Gasteiger partial charge in [0.15, 0.2) is 0 Å². The molecule has 0 aliphatic heterocycles. The zero-order valence-electron chi connectivity index (χ0n) is 16.2. The maximum Gasteiger partial charge on any atom is 0.274 e. The molecule has 2 N–H and O–H groups in total. The van der Waals surface area contributed by atoms with E-state index < -0.39 is 10.0 Å². The highest BCUT2D eigenvalue weighted by atomic mass is 32.2. The average Bonchev–Trinajstić information content (AvgIpc) is 3.34. The Morgan fingerprint density at radius 2 is 2.07 bits per heavy atom. The molecule has 30 heavy (non-hydrogen) atoms. The molecule has 10 nitrogen and oxygen atoms in total. The van der Waals surface area contributed by atoms with Crippen LogP contribution in [0.3, 0.4) is 0 Å². The topological polar surface area (TPSA) is 131 Å². The van der Waals surface area contributed by atoms with Gasteiger partial charge >= 0.3 is 0 Å². The van der Waals surface area contributed by atoms with Crippen LogP contribution >= 0.6 is 0 Å². The van der Waals surface area contributed by atoms with Crippen LogP contribution < -0.4 is 10.0 Å². The fraction of sp³-hybridized carbons (Fsp3) is 0.158. The van der Waals surface area contributed by atoms with E-state index in [0.717, 1.165) is 11.8 Å². The maximum absolute atomic E-state index is 12.8. The molecule has 4 aromatic rings. The first kappa shape index (κ1) is 19.7. The third kappa shape index (κ3) is 4.21. The Morgan fingerprint density at radius 3 is 2.87 bits per heavy atom. The molecule has 0 aliphatic carbocycles. The van der Waals surface area contributed by atoms with Crippen molar-refractivity contribution in [2.75, 3.05) is 11.6 Å². The molecule has 0 fully saturated rings. The number of fused-ring (bicyclic) bond motifs is 1. The van der Waals surface area contributed by atoms with Crippen LogP contribution in [0.4, 0.5) is 5.69 Å². The number of anilines is 1. The molecule has 0 spiro atoms. The first-order valence-corrected chi connectivity index (χ1v) is 10.8. The Morgan fingerprint density at radius 1 is 1.23 bits per heavy atom. The lowest BCUT2D eigenvalue weighted by molar-refractivity contribution is 0.102. The van der Waals surface area contributed by atoms with E-state index in [4.69, 9.17) is 4.52 Å². The highest BCUT2D eigenvalue weighted by Crippen LogP contribution is 2.24. The fourth-order valence-electron chi connectivity index (χ4n) is 2.82. The van der Waals surface area contributed by atoms with Crippen LogP contribution in [0.2, 0.25) is 0 Å². The number of nitrogens with one attached hydrogen (secondary N) is 2. The number of sulfonamides is 1. The van der Waals surface area contributed by atoms with Crippen molar-refractivity contribution in [2.24, 2.45) is 0 Å². The lowest BCUT2D eigenvalue weighted by Crippen LogP contribution is -2.21. The smallest absolute Gasteiger partial charge is 0.274 e. The van der Waals surface area contributed by atoms with Crippen LogP contribution in [0, 0.1) is 6.92 Å². The van der Waals surface area contributed by atoms with Crippen LogP contribution in [0.15, 0.2) is 53.3 Å². The number of hydrogen-bond donors (Lipinski definition) is 2. The Balaban J connectivity index is 1.56. The molecule has 0 unspecified atom stereocenters. The number of aryl methyl sites for hydroxylation is 1. The molecule has 154 valence electrons. The molecule has 0 saturated carbocycles. The minimum atomic E-state index is -3.37. The predicted molar refractivity (Wildman–Crippen MR) is 109 cm³/mol. The van der Waals surface area contributed by atoms with Gasteiger partial charge in [0.2, 0.25) is 21.7 Å². The molecule has 0 bridgehead atoms. The average molecular weight is 426 g/mol. The van der Waals surface area contributed by atoms with E-state index in [2.05, 4.69) is 25.2 Å². The second kappa shape index (κ2) is 7.69. The van der Waals surface area contributed by atoms with Gasteiger partial charge in [0, 0.05) is 17.4 Å². The van der Waals surface area contributed by atoms with Gasteiger partial charge in [-0.25, -0.2) is 18.1 Å². The van der Waals surface area contributed by atoms with E-state index in [-0.39, 0.29) is 24.2 Å². The molecule has 0 radical (unpaired) electrons. The molecule has 4 rings (SSSR count). The molecule has 3 aromatic heterocycles. The van der Waals surface area contributed by atoms with E-state index in [1.807, 2.05) is 31.2 Å². The molecule has 0 saturated heterocycles. The van der Waals surface area contributed by atoms with Crippen molar-refractivity contribution < 1.29 is 17.7 Å². The number of amides is 1. The largest absolute Gasteiger partial charge is 0.338 e. The summed E-state index contributed by atoms with van der Waals surface area (Å²) in [5.41, 5.74) is 3.13. The van der Waals surface area contributed by atoms with Gasteiger partial charge in [-0.3, -0.25) is 9.20 Å². The lowest BCUT2D eigenvalue weighted by atomic mass is 10.1. The van der Waals surface area contributed by atoms with Crippen LogP contribution in [0.25, 0.3) is 17.0 Å². The standard InChI is InChI=1S/C19H18N6O4S/c1-12-6-7-13(18-23-17(29-24-18)11-21-30(2,27)28)9-14(12)22-19(26)15-10-20-16-5-3-4-8-25(15)16/h3-10,21H,11H2,1-2H3,(H,22,26). The SMILES string of the molecule is Cc1ccc(-c2noc(CNS(C)(=O)=O)n2)cc1NC(=O)c1cnc2ccccn12. The monoisotopic (exact) mass is 426 g/mol. The second-order valence-electron chi connectivity index (χ2n) is 6.66. The quantitative estimate of drug-likeness (QED) is 0.482. The van der Waals surface area contributed by atoms with Gasteiger partial charge in [-0.15, -0.1) is 0 Å². The van der Waals surface area contributed by atoms with Crippen molar-refractivity contribution in [1.29, 1.82) is 0 Å². The van der Waals surface area contributed by atoms with Crippen LogP contribution in [0.5, 0.6) is 0 Å². The van der Waals surface area contributed by atoms with Gasteiger partial charge in [-0.05, 0) is 30.7 Å². The van der Waals surface area contributed by atoms with Crippen molar-refractivity contribution in [3.63, 3.8) is 0 Å². The molecular formula is C19H18N6O4S. The number of hydrogen-bond acceptors (Lipinski definition) is 7. The van der Waals surface area contributed by atoms with E-state index in [1.54, 1.807) is 22.7 Å². The van der Waals surface area contributed by atoms with Gasteiger partial charge in [0.25, 0.3) is 5.91 Å². The first-order valence-electron chi connectivity index (χ1n) is 8.92. The Bertz CT molecular complexity index is 1340. The van der Waals surface area contributed by atoms with Crippen molar-refractivity contribution in [3.8, 4) is 11.4 Å². The van der Waals surface area contributed by atoms with Crippen LogP contribution in [-0.2, 0) is 16.6 Å². The summed E-state index contributed by atoms with van der Waals surface area (Å²) < 4.78 is 31.5. The molecule has 1 amide bonds. The minimum absolute atomic E-state index is 0.102. The summed E-state index contributed by atoms with van der Waals surface area (Å²) in [6, 6.07) is 10.8. The Kier molecular flexibility index (Phi) is 5.06. The second-order valence-corrected chi connectivity index (χ2v) is 8.49. The first-order chi connectivity index (χ1) is 14.3. The fourth-order valence-corrected chi connectivity index (χ4v) is 3.21. The normalized spacial score (nSPS) is 11.7. The molecule has 11 heteroatoms. The van der Waals surface area contributed by atoms with Crippen molar-refractivity contribution in [3.05, 3.63) is 65.9 Å². The summed E-state index contributed by atoms with van der Waals surface area (Å²) in [6.07, 6.45) is 4.33. The third-order valence-electron chi connectivity index (χ3n) is 4.35. The summed E-state index contributed by atoms with van der Waals surface area (Å²) in [6.45, 7) is 1.77. The van der Waals surface area contributed by atoms with Crippen LogP contribution in [0.1, 0.15) is 21.9 Å². The summed E-state index contributed by atoms with van der Waals surface area (Å²) >= 11 is 0. The van der Waals surface area contributed by atoms with E-state index in [9.17, 15) is 13.2 Å². The maximum atomic E-state index is 12.8. The minimum Gasteiger partial charge on any atom is -0.338 e. The molecule has 0 atom stereocenters. The zero-order valence-corrected chi connectivity index (χ0v) is 17.0. The number of benzene rings is 1. The van der Waals surface area contributed by atoms with E-state index in [0.29, 0.717) is 22.6 Å². The van der Waals surface area contributed by atoms with Crippen molar-refractivity contribution >= 4 is 27.3 Å². The summed E-state index contributed by atoms with van der Waals surface area (Å²) in [7, 11) is -3.37. The molecule has 3 heterocycles. The summed E-state index contributed by atoms with van der Waals surface area (Å²) in [5.74, 6) is 0.109. The van der Waals surface area contributed by atoms with Crippen LogP contribution in [-0.4, -0.2) is 40.1 Å². The Hall–Kier alpha value is -3.57. The lowest BCUT2D eigenvalue weighted by Gasteiger charge is -2.09. The van der Waals surface area contributed by atoms with E-state index in [1.165, 1.54) is 6.20 Å². The number of nitrogens with zero attached hydrogens (tertiary/aromatic N) is 4. The summed E-state index contributed by atoms with van der Waals surface area (Å²) in [5, 5.41) is 6.77. The van der Waals surface area contributed by atoms with Gasteiger partial charge in [-0.1, -0.05) is 23.4 Å². The number of carbonyl (C=O) groups is 1. The number of aromatic nitrogens is 4. The number of pyridine rings is 1. The highest BCUT2D eigenvalue weighted by Gasteiger charge is 2.15. The van der Waals surface area contributed by atoms with Crippen molar-refractivity contribution in [2.45, 2.75) is 13.5 Å².